The first kappa shape index (κ1) is 14.4. The highest BCUT2D eigenvalue weighted by atomic mass is 35.5. The van der Waals surface area contributed by atoms with Crippen molar-refractivity contribution in [2.45, 2.75) is 13.8 Å². The molecule has 0 aliphatic carbocycles. The maximum atomic E-state index is 6.18. The molecule has 6 heteroatoms. The Kier molecular flexibility index (Phi) is 4.63. The maximum absolute atomic E-state index is 6.18. The Bertz CT molecular complexity index is 604. The summed E-state index contributed by atoms with van der Waals surface area (Å²) in [6, 6.07) is 5.42. The summed E-state index contributed by atoms with van der Waals surface area (Å²) in [5.74, 6) is 2.26. The van der Waals surface area contributed by atoms with Gasteiger partial charge in [-0.25, -0.2) is 9.97 Å². The first-order valence-electron chi connectivity index (χ1n) is 6.31. The molecule has 0 saturated heterocycles. The summed E-state index contributed by atoms with van der Waals surface area (Å²) in [6.07, 6.45) is 1.52. The summed E-state index contributed by atoms with van der Waals surface area (Å²) in [5.41, 5.74) is 1.68. The van der Waals surface area contributed by atoms with Gasteiger partial charge in [0.05, 0.1) is 17.8 Å². The highest BCUT2D eigenvalue weighted by Crippen LogP contribution is 2.30. The second-order valence-corrected chi connectivity index (χ2v) is 4.60. The third-order valence-corrected chi connectivity index (χ3v) is 3.18. The lowest BCUT2D eigenvalue weighted by atomic mass is 10.2. The van der Waals surface area contributed by atoms with Crippen LogP contribution in [-0.2, 0) is 0 Å². The molecule has 106 valence electrons. The molecule has 0 saturated carbocycles. The fraction of sp³-hybridized carbons (Fsp3) is 0.286. The Labute approximate surface area is 123 Å². The normalized spacial score (nSPS) is 10.2. The van der Waals surface area contributed by atoms with E-state index in [1.165, 1.54) is 6.33 Å². The van der Waals surface area contributed by atoms with Gasteiger partial charge in [-0.1, -0.05) is 11.6 Å². The topological polar surface area (TPSA) is 59.1 Å². The summed E-state index contributed by atoms with van der Waals surface area (Å²) in [7, 11) is 1.62. The van der Waals surface area contributed by atoms with Crippen molar-refractivity contribution < 1.29 is 4.74 Å². The minimum absolute atomic E-state index is 0.605. The van der Waals surface area contributed by atoms with Crippen molar-refractivity contribution in [1.82, 2.24) is 9.97 Å². The minimum Gasteiger partial charge on any atom is -0.497 e. The van der Waals surface area contributed by atoms with Gasteiger partial charge in [-0.05, 0) is 26.0 Å². The second-order valence-electron chi connectivity index (χ2n) is 4.20. The molecular weight excluding hydrogens is 276 g/mol. The highest BCUT2D eigenvalue weighted by molar-refractivity contribution is 6.33. The lowest BCUT2D eigenvalue weighted by molar-refractivity contribution is 0.415. The van der Waals surface area contributed by atoms with Crippen molar-refractivity contribution >= 4 is 28.9 Å². The number of hydrogen-bond acceptors (Lipinski definition) is 5. The van der Waals surface area contributed by atoms with Gasteiger partial charge in [0, 0.05) is 18.2 Å². The number of rotatable bonds is 5. The Morgan fingerprint density at radius 3 is 2.70 bits per heavy atom. The lowest BCUT2D eigenvalue weighted by Gasteiger charge is -2.13. The molecule has 0 spiro atoms. The van der Waals surface area contributed by atoms with Gasteiger partial charge in [0.15, 0.2) is 0 Å². The zero-order valence-corrected chi connectivity index (χ0v) is 12.5. The molecule has 0 amide bonds. The van der Waals surface area contributed by atoms with E-state index in [0.29, 0.717) is 10.8 Å². The van der Waals surface area contributed by atoms with Crippen LogP contribution in [0.1, 0.15) is 12.5 Å². The number of benzene rings is 1. The van der Waals surface area contributed by atoms with Gasteiger partial charge in [0.25, 0.3) is 0 Å². The monoisotopic (exact) mass is 292 g/mol. The minimum atomic E-state index is 0.605. The van der Waals surface area contributed by atoms with Crippen molar-refractivity contribution in [2.24, 2.45) is 0 Å². The highest BCUT2D eigenvalue weighted by Gasteiger charge is 2.09. The molecule has 0 radical (unpaired) electrons. The number of nitrogens with one attached hydrogen (secondary N) is 2. The van der Waals surface area contributed by atoms with Gasteiger partial charge in [-0.15, -0.1) is 0 Å². The molecule has 0 aliphatic rings. The maximum Gasteiger partial charge on any atom is 0.138 e. The number of nitrogens with zero attached hydrogens (tertiary/aromatic N) is 2. The zero-order chi connectivity index (χ0) is 14.5. The van der Waals surface area contributed by atoms with Crippen LogP contribution in [0.5, 0.6) is 5.75 Å². The van der Waals surface area contributed by atoms with E-state index >= 15 is 0 Å². The molecule has 5 nitrogen and oxygen atoms in total. The number of methoxy groups -OCH3 is 1. The average Bonchev–Trinajstić information content (AvgIpc) is 2.45. The van der Waals surface area contributed by atoms with Crippen LogP contribution in [0.25, 0.3) is 0 Å². The van der Waals surface area contributed by atoms with Gasteiger partial charge in [0.2, 0.25) is 0 Å². The zero-order valence-electron chi connectivity index (χ0n) is 11.7. The fourth-order valence-electron chi connectivity index (χ4n) is 1.78. The lowest BCUT2D eigenvalue weighted by Crippen LogP contribution is -2.05. The summed E-state index contributed by atoms with van der Waals surface area (Å²) in [4.78, 5) is 8.46. The molecule has 1 heterocycles. The van der Waals surface area contributed by atoms with Crippen LogP contribution >= 0.6 is 11.6 Å². The smallest absolute Gasteiger partial charge is 0.138 e. The molecule has 2 rings (SSSR count). The molecule has 1 aromatic carbocycles. The average molecular weight is 293 g/mol. The predicted octanol–water partition coefficient (Wildman–Crippen LogP) is 3.62. The summed E-state index contributed by atoms with van der Waals surface area (Å²) in [6.45, 7) is 4.78. The number of aromatic nitrogens is 2. The first-order valence-corrected chi connectivity index (χ1v) is 6.69. The van der Waals surface area contributed by atoms with Gasteiger partial charge in [-0.3, -0.25) is 0 Å². The van der Waals surface area contributed by atoms with Crippen LogP contribution in [-0.4, -0.2) is 23.6 Å². The SMILES string of the molecule is CCNc1ncnc(Nc2cc(OC)ccc2Cl)c1C. The first-order chi connectivity index (χ1) is 9.65. The van der Waals surface area contributed by atoms with Crippen LogP contribution in [0.3, 0.4) is 0 Å². The van der Waals surface area contributed by atoms with Crippen LogP contribution in [0.15, 0.2) is 24.5 Å². The van der Waals surface area contributed by atoms with E-state index in [0.717, 1.165) is 29.4 Å². The largest absolute Gasteiger partial charge is 0.497 e. The van der Waals surface area contributed by atoms with E-state index in [2.05, 4.69) is 20.6 Å². The third kappa shape index (κ3) is 3.11. The van der Waals surface area contributed by atoms with E-state index in [1.807, 2.05) is 26.0 Å². The molecular formula is C14H17ClN4O. The van der Waals surface area contributed by atoms with Crippen molar-refractivity contribution in [2.75, 3.05) is 24.3 Å². The fourth-order valence-corrected chi connectivity index (χ4v) is 1.94. The standard InChI is InChI=1S/C14H17ClN4O/c1-4-16-13-9(2)14(18-8-17-13)19-12-7-10(20-3)5-6-11(12)15/h5-8H,4H2,1-3H3,(H2,16,17,18,19). The molecule has 2 N–H and O–H groups in total. The molecule has 0 bridgehead atoms. The van der Waals surface area contributed by atoms with E-state index in [4.69, 9.17) is 16.3 Å². The summed E-state index contributed by atoms with van der Waals surface area (Å²) >= 11 is 6.18. The number of ether oxygens (including phenoxy) is 1. The number of hydrogen-bond donors (Lipinski definition) is 2. The molecule has 0 aliphatic heterocycles. The van der Waals surface area contributed by atoms with Crippen molar-refractivity contribution in [3.63, 3.8) is 0 Å². The molecule has 0 unspecified atom stereocenters. The molecule has 1 aromatic heterocycles. The second kappa shape index (κ2) is 6.43. The van der Waals surface area contributed by atoms with Crippen molar-refractivity contribution in [1.29, 1.82) is 0 Å². The van der Waals surface area contributed by atoms with E-state index < -0.39 is 0 Å². The van der Waals surface area contributed by atoms with Crippen molar-refractivity contribution in [3.05, 3.63) is 35.1 Å². The molecule has 0 atom stereocenters. The van der Waals surface area contributed by atoms with Crippen LogP contribution in [0.4, 0.5) is 17.3 Å². The summed E-state index contributed by atoms with van der Waals surface area (Å²) in [5, 5.41) is 7.01. The van der Waals surface area contributed by atoms with Crippen LogP contribution < -0.4 is 15.4 Å². The quantitative estimate of drug-likeness (QED) is 0.881. The Balaban J connectivity index is 2.32. The molecule has 2 aromatic rings. The van der Waals surface area contributed by atoms with Crippen LogP contribution in [0.2, 0.25) is 5.02 Å². The van der Waals surface area contributed by atoms with E-state index in [-0.39, 0.29) is 0 Å². The number of anilines is 3. The van der Waals surface area contributed by atoms with E-state index in [1.54, 1.807) is 13.2 Å². The molecule has 0 fully saturated rings. The summed E-state index contributed by atoms with van der Waals surface area (Å²) < 4.78 is 5.20. The number of halogens is 1. The predicted molar refractivity (Wildman–Crippen MR) is 82.2 cm³/mol. The Morgan fingerprint density at radius 1 is 1.25 bits per heavy atom. The third-order valence-electron chi connectivity index (χ3n) is 2.85. The molecule has 20 heavy (non-hydrogen) atoms. The van der Waals surface area contributed by atoms with Gasteiger partial charge < -0.3 is 15.4 Å². The van der Waals surface area contributed by atoms with Gasteiger partial charge in [-0.2, -0.15) is 0 Å². The Hall–Kier alpha value is -2.01. The van der Waals surface area contributed by atoms with Crippen LogP contribution in [0, 0.1) is 6.92 Å². The van der Waals surface area contributed by atoms with Gasteiger partial charge in [0.1, 0.15) is 23.7 Å². The van der Waals surface area contributed by atoms with Crippen molar-refractivity contribution in [3.8, 4) is 5.75 Å². The van der Waals surface area contributed by atoms with E-state index in [9.17, 15) is 0 Å². The Morgan fingerprint density at radius 2 is 2.00 bits per heavy atom. The van der Waals surface area contributed by atoms with Gasteiger partial charge >= 0.3 is 0 Å².